The molecule has 0 amide bonds. The van der Waals surface area contributed by atoms with E-state index in [4.69, 9.17) is 9.15 Å². The Labute approximate surface area is 196 Å². The van der Waals surface area contributed by atoms with Crippen LogP contribution in [0.4, 0.5) is 0 Å². The van der Waals surface area contributed by atoms with Gasteiger partial charge in [0.15, 0.2) is 6.04 Å². The molecule has 0 aliphatic carbocycles. The fraction of sp³-hybridized carbons (Fsp3) is 0.120. The van der Waals surface area contributed by atoms with Crippen LogP contribution >= 0.6 is 0 Å². The molecule has 1 aliphatic heterocycles. The van der Waals surface area contributed by atoms with Crippen molar-refractivity contribution in [3.05, 3.63) is 96.7 Å². The predicted octanol–water partition coefficient (Wildman–Crippen LogP) is 4.51. The van der Waals surface area contributed by atoms with E-state index in [2.05, 4.69) is 4.98 Å². The van der Waals surface area contributed by atoms with Gasteiger partial charge in [-0.3, -0.25) is 4.98 Å². The molecule has 2 aromatic carbocycles. The van der Waals surface area contributed by atoms with E-state index in [0.717, 1.165) is 15.4 Å². The third-order valence-corrected chi connectivity index (χ3v) is 7.57. The number of rotatable bonds is 6. The SMILES string of the molecule is O=C(O)C1c2occc2CCN1S(=O)(=O)c1ccc(Oc2ccc(-c3ccncc3)cc2)cc1. The molecule has 172 valence electrons. The zero-order valence-electron chi connectivity index (χ0n) is 17.9. The molecule has 0 spiro atoms. The van der Waals surface area contributed by atoms with Crippen molar-refractivity contribution in [2.75, 3.05) is 6.54 Å². The first-order valence-corrected chi connectivity index (χ1v) is 12.0. The normalized spacial score (nSPS) is 16.1. The summed E-state index contributed by atoms with van der Waals surface area (Å²) in [4.78, 5) is 15.9. The van der Waals surface area contributed by atoms with Crippen molar-refractivity contribution in [3.8, 4) is 22.6 Å². The Bertz CT molecular complexity index is 1410. The topological polar surface area (TPSA) is 110 Å². The number of ether oxygens (including phenoxy) is 1. The van der Waals surface area contributed by atoms with Gasteiger partial charge in [-0.25, -0.2) is 13.2 Å². The first-order chi connectivity index (χ1) is 16.4. The number of hydrogen-bond donors (Lipinski definition) is 1. The number of carboxylic acid groups (broad SMARTS) is 1. The van der Waals surface area contributed by atoms with Crippen molar-refractivity contribution in [2.45, 2.75) is 17.4 Å². The molecular formula is C25H20N2O6S. The molecule has 4 aromatic rings. The van der Waals surface area contributed by atoms with Gasteiger partial charge >= 0.3 is 5.97 Å². The van der Waals surface area contributed by atoms with Gasteiger partial charge in [0.05, 0.1) is 11.2 Å². The molecule has 1 N–H and O–H groups in total. The number of pyridine rings is 1. The average molecular weight is 477 g/mol. The molecule has 0 bridgehead atoms. The highest BCUT2D eigenvalue weighted by Gasteiger charge is 2.42. The lowest BCUT2D eigenvalue weighted by Gasteiger charge is -2.31. The molecule has 2 aromatic heterocycles. The molecule has 1 aliphatic rings. The fourth-order valence-corrected chi connectivity index (χ4v) is 5.54. The molecule has 1 unspecified atom stereocenters. The van der Waals surface area contributed by atoms with E-state index >= 15 is 0 Å². The standard InChI is InChI=1S/C25H20N2O6S/c28-25(29)23-24-19(12-16-32-24)11-15-27(23)34(30,31)22-7-5-21(6-8-22)33-20-3-1-17(2-4-20)18-9-13-26-14-10-18/h1-10,12-14,16,23H,11,15H2,(H,28,29). The van der Waals surface area contributed by atoms with Crippen LogP contribution in [0.5, 0.6) is 11.5 Å². The molecule has 3 heterocycles. The van der Waals surface area contributed by atoms with Gasteiger partial charge in [-0.2, -0.15) is 4.31 Å². The Balaban J connectivity index is 1.34. The van der Waals surface area contributed by atoms with Crippen LogP contribution in [0, 0.1) is 0 Å². The quantitative estimate of drug-likeness (QED) is 0.436. The maximum absolute atomic E-state index is 13.3. The number of furan rings is 1. The van der Waals surface area contributed by atoms with Gasteiger partial charge in [-0.1, -0.05) is 12.1 Å². The maximum atomic E-state index is 13.3. The lowest BCUT2D eigenvalue weighted by molar-refractivity contribution is -0.142. The van der Waals surface area contributed by atoms with Crippen molar-refractivity contribution >= 4 is 16.0 Å². The van der Waals surface area contributed by atoms with E-state index < -0.39 is 22.0 Å². The van der Waals surface area contributed by atoms with Crippen LogP contribution in [-0.2, 0) is 21.2 Å². The second kappa shape index (κ2) is 8.77. The highest BCUT2D eigenvalue weighted by Crippen LogP contribution is 2.35. The number of benzene rings is 2. The zero-order chi connectivity index (χ0) is 23.7. The van der Waals surface area contributed by atoms with E-state index in [-0.39, 0.29) is 17.2 Å². The van der Waals surface area contributed by atoms with Gasteiger partial charge in [-0.15, -0.1) is 0 Å². The molecule has 34 heavy (non-hydrogen) atoms. The molecule has 5 rings (SSSR count). The van der Waals surface area contributed by atoms with Gasteiger partial charge < -0.3 is 14.3 Å². The Kier molecular flexibility index (Phi) is 5.64. The first-order valence-electron chi connectivity index (χ1n) is 10.5. The Morgan fingerprint density at radius 3 is 2.21 bits per heavy atom. The molecule has 0 radical (unpaired) electrons. The van der Waals surface area contributed by atoms with Gasteiger partial charge in [0.2, 0.25) is 10.0 Å². The number of aromatic nitrogens is 1. The number of sulfonamides is 1. The molecule has 9 heteroatoms. The monoisotopic (exact) mass is 476 g/mol. The third kappa shape index (κ3) is 4.07. The summed E-state index contributed by atoms with van der Waals surface area (Å²) in [5, 5.41) is 9.70. The third-order valence-electron chi connectivity index (χ3n) is 5.69. The minimum Gasteiger partial charge on any atom is -0.480 e. The zero-order valence-corrected chi connectivity index (χ0v) is 18.7. The van der Waals surface area contributed by atoms with Crippen LogP contribution in [0.2, 0.25) is 0 Å². The molecule has 0 fully saturated rings. The smallest absolute Gasteiger partial charge is 0.329 e. The van der Waals surface area contributed by atoms with E-state index in [1.807, 2.05) is 36.4 Å². The number of aliphatic carboxylic acids is 1. The van der Waals surface area contributed by atoms with Crippen molar-refractivity contribution in [2.24, 2.45) is 0 Å². The van der Waals surface area contributed by atoms with E-state index in [1.165, 1.54) is 18.4 Å². The first kappa shape index (κ1) is 21.9. The van der Waals surface area contributed by atoms with Crippen LogP contribution in [0.1, 0.15) is 17.4 Å². The van der Waals surface area contributed by atoms with Gasteiger partial charge in [-0.05, 0) is 77.7 Å². The van der Waals surface area contributed by atoms with Gasteiger partial charge in [0, 0.05) is 18.9 Å². The van der Waals surface area contributed by atoms with Crippen LogP contribution in [-0.4, -0.2) is 35.3 Å². The summed E-state index contributed by atoms with van der Waals surface area (Å²) >= 11 is 0. The summed E-state index contributed by atoms with van der Waals surface area (Å²) in [5.41, 5.74) is 2.76. The summed E-state index contributed by atoms with van der Waals surface area (Å²) in [6.45, 7) is 0.0495. The van der Waals surface area contributed by atoms with Crippen molar-refractivity contribution in [1.29, 1.82) is 0 Å². The predicted molar refractivity (Wildman–Crippen MR) is 123 cm³/mol. The number of fused-ring (bicyclic) bond motifs is 1. The van der Waals surface area contributed by atoms with Crippen LogP contribution in [0.15, 0.2) is 94.7 Å². The molecule has 0 saturated carbocycles. The van der Waals surface area contributed by atoms with E-state index in [1.54, 1.807) is 30.6 Å². The van der Waals surface area contributed by atoms with E-state index in [0.29, 0.717) is 23.5 Å². The number of carbonyl (C=O) groups is 1. The second-order valence-electron chi connectivity index (χ2n) is 7.75. The summed E-state index contributed by atoms with van der Waals surface area (Å²) in [7, 11) is -4.07. The number of hydrogen-bond acceptors (Lipinski definition) is 6. The highest BCUT2D eigenvalue weighted by atomic mass is 32.2. The van der Waals surface area contributed by atoms with Crippen molar-refractivity contribution in [1.82, 2.24) is 9.29 Å². The minimum atomic E-state index is -4.07. The van der Waals surface area contributed by atoms with Crippen LogP contribution in [0.3, 0.4) is 0 Å². The summed E-state index contributed by atoms with van der Waals surface area (Å²) in [5.74, 6) is -0.0785. The lowest BCUT2D eigenvalue weighted by Crippen LogP contribution is -2.43. The molecule has 0 saturated heterocycles. The summed E-state index contributed by atoms with van der Waals surface area (Å²) in [6.07, 6.45) is 5.22. The number of nitrogens with zero attached hydrogens (tertiary/aromatic N) is 2. The largest absolute Gasteiger partial charge is 0.480 e. The summed E-state index contributed by atoms with van der Waals surface area (Å²) < 4.78 is 38.6. The lowest BCUT2D eigenvalue weighted by atomic mass is 10.0. The highest BCUT2D eigenvalue weighted by molar-refractivity contribution is 7.89. The minimum absolute atomic E-state index is 0.0193. The number of carboxylic acids is 1. The average Bonchev–Trinajstić information content (AvgIpc) is 3.33. The Hall–Kier alpha value is -3.95. The van der Waals surface area contributed by atoms with Crippen LogP contribution in [0.25, 0.3) is 11.1 Å². The summed E-state index contributed by atoms with van der Waals surface area (Å²) in [6, 6.07) is 17.5. The van der Waals surface area contributed by atoms with Crippen LogP contribution < -0.4 is 4.74 Å². The molecule has 8 nitrogen and oxygen atoms in total. The molecular weight excluding hydrogens is 456 g/mol. The maximum Gasteiger partial charge on any atom is 0.329 e. The van der Waals surface area contributed by atoms with Crippen molar-refractivity contribution < 1.29 is 27.5 Å². The Morgan fingerprint density at radius 2 is 1.56 bits per heavy atom. The van der Waals surface area contributed by atoms with Crippen molar-refractivity contribution in [3.63, 3.8) is 0 Å². The van der Waals surface area contributed by atoms with Gasteiger partial charge in [0.25, 0.3) is 0 Å². The van der Waals surface area contributed by atoms with E-state index in [9.17, 15) is 18.3 Å². The molecule has 1 atom stereocenters. The van der Waals surface area contributed by atoms with Gasteiger partial charge in [0.1, 0.15) is 17.3 Å². The Morgan fingerprint density at radius 1 is 0.941 bits per heavy atom. The second-order valence-corrected chi connectivity index (χ2v) is 9.64. The fourth-order valence-electron chi connectivity index (χ4n) is 3.99.